The first-order valence-corrected chi connectivity index (χ1v) is 8.43. The van der Waals surface area contributed by atoms with Gasteiger partial charge in [0.1, 0.15) is 10.6 Å². The Bertz CT molecular complexity index is 712. The highest BCUT2D eigenvalue weighted by Gasteiger charge is 2.24. The minimum absolute atomic E-state index is 0.0128. The maximum atomic E-state index is 12.0. The Hall–Kier alpha value is -2.13. The summed E-state index contributed by atoms with van der Waals surface area (Å²) in [4.78, 5) is 23.3. The molecule has 0 aliphatic heterocycles. The van der Waals surface area contributed by atoms with Crippen LogP contribution in [0.3, 0.4) is 0 Å². The van der Waals surface area contributed by atoms with Gasteiger partial charge in [-0.05, 0) is 38.1 Å². The van der Waals surface area contributed by atoms with Gasteiger partial charge in [-0.3, -0.25) is 4.79 Å². The Balaban J connectivity index is 2.10. The van der Waals surface area contributed by atoms with Crippen LogP contribution in [0.5, 0.6) is 5.75 Å². The smallest absolute Gasteiger partial charge is 0.338 e. The number of hydrogen-bond donors (Lipinski definition) is 2. The summed E-state index contributed by atoms with van der Waals surface area (Å²) in [5, 5.41) is 2.68. The fourth-order valence-electron chi connectivity index (χ4n) is 1.84. The molecule has 1 aliphatic rings. The lowest BCUT2D eigenvalue weighted by atomic mass is 10.2. The number of ether oxygens (including phenoxy) is 2. The van der Waals surface area contributed by atoms with Crippen LogP contribution in [0.25, 0.3) is 0 Å². The molecule has 0 atom stereocenters. The molecular weight excluding hydrogens is 324 g/mol. The summed E-state index contributed by atoms with van der Waals surface area (Å²) < 4.78 is 35.9. The van der Waals surface area contributed by atoms with Gasteiger partial charge >= 0.3 is 5.97 Å². The first kappa shape index (κ1) is 17.2. The summed E-state index contributed by atoms with van der Waals surface area (Å²) in [6.07, 6.45) is 1.87. The lowest BCUT2D eigenvalue weighted by molar-refractivity contribution is -0.124. The van der Waals surface area contributed by atoms with E-state index in [9.17, 15) is 18.0 Å². The predicted molar refractivity (Wildman–Crippen MR) is 80.7 cm³/mol. The number of amides is 1. The second-order valence-electron chi connectivity index (χ2n) is 4.99. The number of sulfonamides is 1. The Labute approximate surface area is 134 Å². The summed E-state index contributed by atoms with van der Waals surface area (Å²) >= 11 is 0. The molecule has 0 bridgehead atoms. The third-order valence-corrected chi connectivity index (χ3v) is 4.67. The summed E-state index contributed by atoms with van der Waals surface area (Å²) in [6.45, 7) is -0.407. The van der Waals surface area contributed by atoms with E-state index in [-0.39, 0.29) is 28.2 Å². The summed E-state index contributed by atoms with van der Waals surface area (Å²) in [7, 11) is -1.22. The molecule has 1 aromatic rings. The minimum atomic E-state index is -3.80. The number of benzene rings is 1. The molecular formula is C14H18N2O6S. The van der Waals surface area contributed by atoms with Crippen LogP contribution < -0.4 is 14.8 Å². The number of esters is 1. The average Bonchev–Trinajstić information content (AvgIpc) is 3.35. The molecule has 1 saturated carbocycles. The van der Waals surface area contributed by atoms with Gasteiger partial charge in [0.2, 0.25) is 10.0 Å². The highest BCUT2D eigenvalue weighted by molar-refractivity contribution is 7.89. The van der Waals surface area contributed by atoms with Crippen LogP contribution in [-0.2, 0) is 19.6 Å². The summed E-state index contributed by atoms with van der Waals surface area (Å²) in [6, 6.07) is 4.04. The zero-order chi connectivity index (χ0) is 17.0. The third-order valence-electron chi connectivity index (χ3n) is 3.23. The van der Waals surface area contributed by atoms with Crippen LogP contribution in [0.15, 0.2) is 23.1 Å². The van der Waals surface area contributed by atoms with E-state index in [1.807, 2.05) is 0 Å². The van der Waals surface area contributed by atoms with Crippen LogP contribution in [0.2, 0.25) is 0 Å². The number of carbonyl (C=O) groups excluding carboxylic acids is 2. The maximum Gasteiger partial charge on any atom is 0.338 e. The van der Waals surface area contributed by atoms with Crippen molar-refractivity contribution in [1.82, 2.24) is 10.0 Å². The van der Waals surface area contributed by atoms with E-state index in [0.29, 0.717) is 0 Å². The zero-order valence-electron chi connectivity index (χ0n) is 12.8. The molecule has 8 nitrogen and oxygen atoms in total. The van der Waals surface area contributed by atoms with Gasteiger partial charge in [0.15, 0.2) is 6.61 Å². The van der Waals surface area contributed by atoms with E-state index in [4.69, 9.17) is 9.47 Å². The van der Waals surface area contributed by atoms with Crippen molar-refractivity contribution in [1.29, 1.82) is 0 Å². The molecule has 9 heteroatoms. The topological polar surface area (TPSA) is 111 Å². The highest BCUT2D eigenvalue weighted by atomic mass is 32.2. The molecule has 0 radical (unpaired) electrons. The number of methoxy groups -OCH3 is 1. The van der Waals surface area contributed by atoms with E-state index >= 15 is 0 Å². The van der Waals surface area contributed by atoms with Crippen LogP contribution in [-0.4, -0.2) is 47.1 Å². The monoisotopic (exact) mass is 342 g/mol. The Morgan fingerprint density at radius 2 is 2.00 bits per heavy atom. The maximum absolute atomic E-state index is 12.0. The Morgan fingerprint density at radius 1 is 1.30 bits per heavy atom. The molecule has 0 spiro atoms. The molecule has 0 saturated heterocycles. The molecule has 23 heavy (non-hydrogen) atoms. The highest BCUT2D eigenvalue weighted by Crippen LogP contribution is 2.25. The summed E-state index contributed by atoms with van der Waals surface area (Å²) in [5.41, 5.74) is 0.0128. The van der Waals surface area contributed by atoms with E-state index in [0.717, 1.165) is 18.9 Å². The molecule has 1 fully saturated rings. The van der Waals surface area contributed by atoms with E-state index in [2.05, 4.69) is 10.0 Å². The normalized spacial score (nSPS) is 14.2. The lowest BCUT2D eigenvalue weighted by Gasteiger charge is -2.11. The van der Waals surface area contributed by atoms with E-state index in [1.54, 1.807) is 0 Å². The minimum Gasteiger partial charge on any atom is -0.495 e. The van der Waals surface area contributed by atoms with Gasteiger partial charge in [0.05, 0.1) is 12.7 Å². The van der Waals surface area contributed by atoms with Crippen molar-refractivity contribution in [3.05, 3.63) is 23.8 Å². The van der Waals surface area contributed by atoms with Crippen molar-refractivity contribution in [3.63, 3.8) is 0 Å². The third kappa shape index (κ3) is 4.42. The van der Waals surface area contributed by atoms with Gasteiger partial charge < -0.3 is 14.8 Å². The fraction of sp³-hybridized carbons (Fsp3) is 0.429. The molecule has 0 unspecified atom stereocenters. The first-order valence-electron chi connectivity index (χ1n) is 6.95. The van der Waals surface area contributed by atoms with E-state index in [1.165, 1.54) is 26.3 Å². The standard InChI is InChI=1S/C14H18N2O6S/c1-15-23(19,20)12-7-9(3-6-11(12)21-2)14(18)22-8-13(17)16-10-4-5-10/h3,6-7,10,15H,4-5,8H2,1-2H3,(H,16,17). The quantitative estimate of drug-likeness (QED) is 0.677. The second kappa shape index (κ2) is 6.97. The molecule has 2 N–H and O–H groups in total. The van der Waals surface area contributed by atoms with Crippen molar-refractivity contribution in [2.75, 3.05) is 20.8 Å². The van der Waals surface area contributed by atoms with Gasteiger partial charge in [0.25, 0.3) is 5.91 Å². The van der Waals surface area contributed by atoms with Crippen LogP contribution in [0.1, 0.15) is 23.2 Å². The van der Waals surface area contributed by atoms with Crippen molar-refractivity contribution in [2.24, 2.45) is 0 Å². The van der Waals surface area contributed by atoms with Crippen molar-refractivity contribution >= 4 is 21.9 Å². The van der Waals surface area contributed by atoms with Gasteiger partial charge in [-0.25, -0.2) is 17.9 Å². The Morgan fingerprint density at radius 3 is 2.57 bits per heavy atom. The molecule has 1 aliphatic carbocycles. The van der Waals surface area contributed by atoms with Crippen molar-refractivity contribution < 1.29 is 27.5 Å². The van der Waals surface area contributed by atoms with Gasteiger partial charge in [-0.15, -0.1) is 0 Å². The zero-order valence-corrected chi connectivity index (χ0v) is 13.6. The second-order valence-corrected chi connectivity index (χ2v) is 6.85. The summed E-state index contributed by atoms with van der Waals surface area (Å²) in [5.74, 6) is -1.06. The largest absolute Gasteiger partial charge is 0.495 e. The average molecular weight is 342 g/mol. The molecule has 1 aromatic carbocycles. The predicted octanol–water partition coefficient (Wildman–Crippen LogP) is 0.0387. The molecule has 0 heterocycles. The van der Waals surface area contributed by atoms with Gasteiger partial charge in [-0.1, -0.05) is 0 Å². The fourth-order valence-corrected chi connectivity index (χ4v) is 2.75. The van der Waals surface area contributed by atoms with Crippen LogP contribution in [0.4, 0.5) is 0 Å². The number of nitrogens with one attached hydrogen (secondary N) is 2. The number of hydrogen-bond acceptors (Lipinski definition) is 6. The van der Waals surface area contributed by atoms with Crippen LogP contribution in [0, 0.1) is 0 Å². The van der Waals surface area contributed by atoms with Gasteiger partial charge in [0, 0.05) is 6.04 Å². The number of rotatable bonds is 7. The van der Waals surface area contributed by atoms with Gasteiger partial charge in [-0.2, -0.15) is 0 Å². The molecule has 2 rings (SSSR count). The van der Waals surface area contributed by atoms with Crippen molar-refractivity contribution in [2.45, 2.75) is 23.8 Å². The van der Waals surface area contributed by atoms with Crippen molar-refractivity contribution in [3.8, 4) is 5.75 Å². The van der Waals surface area contributed by atoms with E-state index < -0.39 is 22.6 Å². The lowest BCUT2D eigenvalue weighted by Crippen LogP contribution is -2.30. The molecule has 0 aromatic heterocycles. The first-order chi connectivity index (χ1) is 10.9. The molecule has 126 valence electrons. The van der Waals surface area contributed by atoms with Crippen LogP contribution >= 0.6 is 0 Å². The molecule has 1 amide bonds. The SMILES string of the molecule is CNS(=O)(=O)c1cc(C(=O)OCC(=O)NC2CC2)ccc1OC. The Kier molecular flexibility index (Phi) is 5.22. The number of carbonyl (C=O) groups is 2.